The Morgan fingerprint density at radius 3 is 2.23 bits per heavy atom. The first-order valence-electron chi connectivity index (χ1n) is 19.1. The van der Waals surface area contributed by atoms with Crippen LogP contribution in [0.25, 0.3) is 44.7 Å². The summed E-state index contributed by atoms with van der Waals surface area (Å²) in [5.74, 6) is 3.45. The first-order valence-corrected chi connectivity index (χ1v) is 19.1. The van der Waals surface area contributed by atoms with Gasteiger partial charge in [0.15, 0.2) is 0 Å². The van der Waals surface area contributed by atoms with Gasteiger partial charge in [-0.1, -0.05) is 72.1 Å². The van der Waals surface area contributed by atoms with Crippen molar-refractivity contribution in [1.82, 2.24) is 19.5 Å². The third-order valence-electron chi connectivity index (χ3n) is 12.1. The standard InChI is InChI=1S/C25H28N3.C22H21N2.Ir/c1-23(2,3)22-27-18-11-9-8-10-15(18)21-26-19-12-16-17(13-20(19)28(21)22)25(6,7)14-24(16,4)5;1-14-7-6-8-15(2)20(14)24-21-18-12-11-17(13-18)19(21)23-22(24)16-9-4-3-5-10-16;/h8-9,11-13H,14H2,1-7H3;3-9,17-18H,11-13H2,1-2H3;/q2*-1;+3. The van der Waals surface area contributed by atoms with Crippen molar-refractivity contribution in [2.24, 2.45) is 0 Å². The quantitative estimate of drug-likeness (QED) is 0.128. The number of benzene rings is 4. The Bertz CT molecular complexity index is 2530. The Kier molecular flexibility index (Phi) is 8.44. The molecule has 270 valence electrons. The van der Waals surface area contributed by atoms with Gasteiger partial charge in [-0.05, 0) is 90.3 Å². The van der Waals surface area contributed by atoms with Gasteiger partial charge < -0.3 is 8.97 Å². The predicted octanol–water partition coefficient (Wildman–Crippen LogP) is 10.5. The number of hydrogen-bond donors (Lipinski definition) is 0. The maximum atomic E-state index is 5.13. The maximum Gasteiger partial charge on any atom is 3.00 e. The Morgan fingerprint density at radius 2 is 1.53 bits per heavy atom. The van der Waals surface area contributed by atoms with Crippen LogP contribution < -0.4 is 9.38 Å². The first kappa shape index (κ1) is 35.9. The van der Waals surface area contributed by atoms with Gasteiger partial charge in [-0.2, -0.15) is 0 Å². The third kappa shape index (κ3) is 5.62. The Balaban J connectivity index is 0.000000150. The smallest absolute Gasteiger partial charge is 0.336 e. The number of nitrogens with zero attached hydrogens (tertiary/aromatic N) is 5. The second-order valence-electron chi connectivity index (χ2n) is 18.0. The minimum absolute atomic E-state index is 0. The Morgan fingerprint density at radius 1 is 0.830 bits per heavy atom. The topological polar surface area (TPSA) is 48.9 Å². The average molecular weight is 876 g/mol. The summed E-state index contributed by atoms with van der Waals surface area (Å²) in [7, 11) is 0. The van der Waals surface area contributed by atoms with Crippen LogP contribution in [0.1, 0.15) is 125 Å². The Hall–Kier alpha value is -4.12. The van der Waals surface area contributed by atoms with Gasteiger partial charge in [-0.3, -0.25) is 15.0 Å². The molecule has 0 spiro atoms. The molecule has 0 N–H and O–H groups in total. The van der Waals surface area contributed by atoms with Crippen LogP contribution in [0.4, 0.5) is 0 Å². The molecule has 2 unspecified atom stereocenters. The average Bonchev–Trinajstić information content (AvgIpc) is 3.90. The summed E-state index contributed by atoms with van der Waals surface area (Å²) in [6.07, 6.45) is 5.07. The molecule has 10 rings (SSSR count). The largest absolute Gasteiger partial charge is 3.00 e. The molecule has 3 aliphatic rings. The van der Waals surface area contributed by atoms with Gasteiger partial charge in [0.25, 0.3) is 0 Å². The van der Waals surface area contributed by atoms with Crippen molar-refractivity contribution in [3.05, 3.63) is 124 Å². The van der Waals surface area contributed by atoms with E-state index in [0.29, 0.717) is 11.8 Å². The number of fused-ring (bicyclic) bond motifs is 11. The number of aromatic nitrogens is 5. The molecule has 7 aromatic rings. The van der Waals surface area contributed by atoms with E-state index in [-0.39, 0.29) is 36.4 Å². The predicted molar refractivity (Wildman–Crippen MR) is 211 cm³/mol. The van der Waals surface area contributed by atoms with E-state index in [4.69, 9.17) is 15.0 Å². The molecule has 1 fully saturated rings. The zero-order valence-corrected chi connectivity index (χ0v) is 34.9. The maximum absolute atomic E-state index is 5.13. The van der Waals surface area contributed by atoms with Crippen LogP contribution in [-0.2, 0) is 36.4 Å². The van der Waals surface area contributed by atoms with Crippen LogP contribution >= 0.6 is 0 Å². The number of aryl methyl sites for hydroxylation is 2. The minimum Gasteiger partial charge on any atom is -0.336 e. The first-order chi connectivity index (χ1) is 24.7. The van der Waals surface area contributed by atoms with Gasteiger partial charge in [0, 0.05) is 28.6 Å². The SMILES string of the molecule is CC(C)(C)c1nc2ccc[c-]c2c2[n-]c3cc4c(cc3[n+]12)C(C)(C)CC4(C)C.Cc1cccc(C)c1-n1c(-c2[c-]cccc2)nc2c1C1CCC2C1.[Ir+3]. The van der Waals surface area contributed by atoms with Crippen LogP contribution in [0.15, 0.2) is 72.8 Å². The van der Waals surface area contributed by atoms with E-state index in [1.165, 1.54) is 58.6 Å². The van der Waals surface area contributed by atoms with Crippen molar-refractivity contribution in [1.29, 1.82) is 0 Å². The molecule has 0 amide bonds. The van der Waals surface area contributed by atoms with Crippen LogP contribution in [0.5, 0.6) is 0 Å². The number of imidazole rings is 2. The molecular weight excluding hydrogens is 827 g/mol. The summed E-state index contributed by atoms with van der Waals surface area (Å²) in [6, 6.07) is 32.3. The van der Waals surface area contributed by atoms with Crippen LogP contribution in [0.3, 0.4) is 0 Å². The van der Waals surface area contributed by atoms with Gasteiger partial charge in [-0.15, -0.1) is 60.2 Å². The van der Waals surface area contributed by atoms with Gasteiger partial charge in [0.2, 0.25) is 0 Å². The molecule has 3 aliphatic carbocycles. The van der Waals surface area contributed by atoms with Crippen molar-refractivity contribution in [2.45, 2.75) is 116 Å². The van der Waals surface area contributed by atoms with Gasteiger partial charge in [0.1, 0.15) is 5.82 Å². The molecule has 6 heteroatoms. The molecule has 5 nitrogen and oxygen atoms in total. The molecule has 3 aromatic heterocycles. The summed E-state index contributed by atoms with van der Waals surface area (Å²) < 4.78 is 4.73. The van der Waals surface area contributed by atoms with Crippen molar-refractivity contribution in [3.63, 3.8) is 0 Å². The zero-order valence-electron chi connectivity index (χ0n) is 32.5. The molecule has 4 aromatic carbocycles. The molecule has 0 saturated heterocycles. The summed E-state index contributed by atoms with van der Waals surface area (Å²) in [6.45, 7) is 20.5. The molecule has 0 radical (unpaired) electrons. The van der Waals surface area contributed by atoms with E-state index in [9.17, 15) is 0 Å². The number of rotatable bonds is 2. The van der Waals surface area contributed by atoms with E-state index < -0.39 is 0 Å². The summed E-state index contributed by atoms with van der Waals surface area (Å²) in [5, 5.41) is 0.991. The zero-order chi connectivity index (χ0) is 36.3. The van der Waals surface area contributed by atoms with Gasteiger partial charge >= 0.3 is 20.1 Å². The molecule has 3 heterocycles. The summed E-state index contributed by atoms with van der Waals surface area (Å²) >= 11 is 0. The molecule has 2 atom stereocenters. The van der Waals surface area contributed by atoms with Crippen molar-refractivity contribution in [3.8, 4) is 17.1 Å². The van der Waals surface area contributed by atoms with E-state index in [1.807, 2.05) is 24.3 Å². The van der Waals surface area contributed by atoms with E-state index >= 15 is 0 Å². The van der Waals surface area contributed by atoms with E-state index in [2.05, 4.69) is 132 Å². The summed E-state index contributed by atoms with van der Waals surface area (Å²) in [5.41, 5.74) is 15.1. The number of hydrogen-bond acceptors (Lipinski definition) is 2. The normalized spacial score (nSPS) is 19.3. The minimum atomic E-state index is -0.0935. The second kappa shape index (κ2) is 12.5. The molecule has 1 saturated carbocycles. The molecule has 53 heavy (non-hydrogen) atoms. The van der Waals surface area contributed by atoms with Crippen LogP contribution in [-0.4, -0.2) is 14.5 Å². The number of para-hydroxylation sites is 1. The fourth-order valence-electron chi connectivity index (χ4n) is 10.0. The Labute approximate surface area is 327 Å². The van der Waals surface area contributed by atoms with Gasteiger partial charge in [-0.25, -0.2) is 0 Å². The second-order valence-corrected chi connectivity index (χ2v) is 18.0. The third-order valence-corrected chi connectivity index (χ3v) is 12.1. The van der Waals surface area contributed by atoms with Crippen molar-refractivity contribution < 1.29 is 24.5 Å². The van der Waals surface area contributed by atoms with Crippen LogP contribution in [0.2, 0.25) is 0 Å². The monoisotopic (exact) mass is 876 g/mol. The van der Waals surface area contributed by atoms with Crippen molar-refractivity contribution in [2.75, 3.05) is 0 Å². The van der Waals surface area contributed by atoms with Crippen molar-refractivity contribution >= 4 is 27.6 Å². The van der Waals surface area contributed by atoms with E-state index in [1.54, 1.807) is 0 Å². The van der Waals surface area contributed by atoms with Gasteiger partial charge in [0.05, 0.1) is 28.2 Å². The summed E-state index contributed by atoms with van der Waals surface area (Å²) in [4.78, 5) is 15.3. The molecular formula is C47H49IrN5+. The molecule has 0 aliphatic heterocycles. The fourth-order valence-corrected chi connectivity index (χ4v) is 10.0. The van der Waals surface area contributed by atoms with Crippen LogP contribution in [0, 0.1) is 26.0 Å². The molecule has 2 bridgehead atoms. The fraction of sp³-hybridized carbons (Fsp3) is 0.383. The van der Waals surface area contributed by atoms with E-state index in [0.717, 1.165) is 51.2 Å².